The fourth-order valence-electron chi connectivity index (χ4n) is 3.02. The summed E-state index contributed by atoms with van der Waals surface area (Å²) in [5, 5.41) is 39.9. The first-order valence-corrected chi connectivity index (χ1v) is 10.3. The van der Waals surface area contributed by atoms with Crippen LogP contribution in [0.2, 0.25) is 0 Å². The highest BCUT2D eigenvalue weighted by atomic mass is 16.7. The summed E-state index contributed by atoms with van der Waals surface area (Å²) in [6.45, 7) is 12.6. The molecule has 0 fully saturated rings. The predicted octanol–water partition coefficient (Wildman–Crippen LogP) is 2.35. The number of hydrogen-bond donors (Lipinski definition) is 4. The second-order valence-electron chi connectivity index (χ2n) is 7.81. The molecule has 0 aliphatic carbocycles. The van der Waals surface area contributed by atoms with Crippen LogP contribution in [0, 0.1) is 0 Å². The molecule has 0 spiro atoms. The molecule has 0 heterocycles. The van der Waals surface area contributed by atoms with Gasteiger partial charge in [-0.05, 0) is 46.1 Å². The second kappa shape index (κ2) is 13.0. The van der Waals surface area contributed by atoms with Crippen molar-refractivity contribution in [1.29, 1.82) is 0 Å². The number of ketones is 2. The minimum absolute atomic E-state index is 0.182. The molecule has 0 bridgehead atoms. The van der Waals surface area contributed by atoms with Gasteiger partial charge in [-0.15, -0.1) is 0 Å². The molecule has 30 heavy (non-hydrogen) atoms. The van der Waals surface area contributed by atoms with Crippen LogP contribution < -0.4 is 0 Å². The molecule has 5 atom stereocenters. The van der Waals surface area contributed by atoms with E-state index in [-0.39, 0.29) is 35.5 Å². The largest absolute Gasteiger partial charge is 0.511 e. The lowest BCUT2D eigenvalue weighted by Crippen LogP contribution is -2.38. The molecule has 0 saturated carbocycles. The third-order valence-electron chi connectivity index (χ3n) is 4.83. The maximum Gasteiger partial charge on any atom is 0.189 e. The van der Waals surface area contributed by atoms with Crippen LogP contribution in [-0.4, -0.2) is 68.8 Å². The third kappa shape index (κ3) is 9.06. The van der Waals surface area contributed by atoms with Gasteiger partial charge in [0.25, 0.3) is 0 Å². The number of carbonyl (C=O) groups excluding carboxylic acids is 2. The Balaban J connectivity index is 5.69. The summed E-state index contributed by atoms with van der Waals surface area (Å²) in [6.07, 6.45) is -2.18. The van der Waals surface area contributed by atoms with Crippen molar-refractivity contribution < 1.29 is 39.5 Å². The van der Waals surface area contributed by atoms with E-state index in [9.17, 15) is 24.9 Å². The van der Waals surface area contributed by atoms with Crippen LogP contribution in [0.3, 0.4) is 0 Å². The Morgan fingerprint density at radius 2 is 1.70 bits per heavy atom. The minimum atomic E-state index is -1.90. The molecule has 8 nitrogen and oxygen atoms in total. The zero-order valence-electron chi connectivity index (χ0n) is 19.0. The van der Waals surface area contributed by atoms with Crippen LogP contribution in [0.5, 0.6) is 0 Å². The molecule has 0 saturated heterocycles. The molecule has 0 aliphatic rings. The fourth-order valence-corrected chi connectivity index (χ4v) is 3.02. The monoisotopic (exact) mass is 430 g/mol. The molecule has 1 unspecified atom stereocenters. The van der Waals surface area contributed by atoms with Crippen LogP contribution in [-0.2, 0) is 19.1 Å². The number of carbonyl (C=O) groups is 2. The van der Waals surface area contributed by atoms with E-state index in [1.807, 2.05) is 13.8 Å². The van der Waals surface area contributed by atoms with Crippen molar-refractivity contribution in [2.24, 2.45) is 0 Å². The number of hydrogen-bond acceptors (Lipinski definition) is 8. The van der Waals surface area contributed by atoms with E-state index in [1.54, 1.807) is 13.8 Å². The summed E-state index contributed by atoms with van der Waals surface area (Å²) >= 11 is 0. The average Bonchev–Trinajstić information content (AvgIpc) is 2.64. The molecular formula is C22H38O8. The summed E-state index contributed by atoms with van der Waals surface area (Å²) in [5.74, 6) is -1.35. The highest BCUT2D eigenvalue weighted by Gasteiger charge is 2.33. The molecule has 0 aromatic rings. The Morgan fingerprint density at radius 1 is 1.13 bits per heavy atom. The molecule has 4 N–H and O–H groups in total. The molecule has 0 rings (SSSR count). The van der Waals surface area contributed by atoms with Crippen molar-refractivity contribution in [3.63, 3.8) is 0 Å². The smallest absolute Gasteiger partial charge is 0.189 e. The number of aliphatic hydroxyl groups excluding tert-OH is 3. The van der Waals surface area contributed by atoms with Gasteiger partial charge in [-0.3, -0.25) is 9.59 Å². The van der Waals surface area contributed by atoms with Gasteiger partial charge in [0.05, 0.1) is 24.7 Å². The number of aliphatic hydroxyl groups is 4. The van der Waals surface area contributed by atoms with Crippen molar-refractivity contribution in [2.45, 2.75) is 97.4 Å². The average molecular weight is 431 g/mol. The summed E-state index contributed by atoms with van der Waals surface area (Å²) in [7, 11) is 0. The maximum absolute atomic E-state index is 11.8. The number of ether oxygens (including phenoxy) is 2. The first kappa shape index (κ1) is 28.4. The summed E-state index contributed by atoms with van der Waals surface area (Å²) in [6, 6.07) is 0. The van der Waals surface area contributed by atoms with Gasteiger partial charge in [-0.2, -0.15) is 0 Å². The Kier molecular flexibility index (Phi) is 12.3. The van der Waals surface area contributed by atoms with Gasteiger partial charge in [-0.25, -0.2) is 0 Å². The van der Waals surface area contributed by atoms with Crippen LogP contribution in [0.4, 0.5) is 0 Å². The second-order valence-corrected chi connectivity index (χ2v) is 7.81. The van der Waals surface area contributed by atoms with Gasteiger partial charge in [0, 0.05) is 12.0 Å². The van der Waals surface area contributed by atoms with Crippen molar-refractivity contribution in [1.82, 2.24) is 0 Å². The lowest BCUT2D eigenvalue weighted by Gasteiger charge is -2.30. The standard InChI is InChI=1S/C22H38O8/c1-8-17(25)15(5)29-20(9-2)30-16(6)21(18(26)10-14(4)24)13(3)11-22(7,28)19(27)12-23/h15-17,20,23,25-26,28H,3,8-12H2,1-2,4-7H3/b21-18-/t15?,16-,17+,20-,22+/m0/s1. The highest BCUT2D eigenvalue weighted by Crippen LogP contribution is 2.29. The van der Waals surface area contributed by atoms with Gasteiger partial charge in [0.2, 0.25) is 0 Å². The molecule has 0 aromatic carbocycles. The van der Waals surface area contributed by atoms with E-state index in [0.717, 1.165) is 0 Å². The predicted molar refractivity (Wildman–Crippen MR) is 113 cm³/mol. The first-order valence-electron chi connectivity index (χ1n) is 10.3. The Hall–Kier alpha value is -1.58. The van der Waals surface area contributed by atoms with E-state index >= 15 is 0 Å². The van der Waals surface area contributed by atoms with Crippen LogP contribution in [0.1, 0.15) is 67.2 Å². The van der Waals surface area contributed by atoms with Gasteiger partial charge in [0.15, 0.2) is 12.1 Å². The van der Waals surface area contributed by atoms with E-state index < -0.39 is 42.6 Å². The van der Waals surface area contributed by atoms with E-state index in [2.05, 4.69) is 6.58 Å². The summed E-state index contributed by atoms with van der Waals surface area (Å²) < 4.78 is 11.7. The Labute approximate surface area is 179 Å². The molecular weight excluding hydrogens is 392 g/mol. The number of Topliss-reactive ketones (excluding diaryl/α,β-unsaturated/α-hetero) is 2. The van der Waals surface area contributed by atoms with Crippen molar-refractivity contribution in [2.75, 3.05) is 6.61 Å². The van der Waals surface area contributed by atoms with Gasteiger partial charge in [0.1, 0.15) is 23.8 Å². The quantitative estimate of drug-likeness (QED) is 0.177. The maximum atomic E-state index is 11.8. The fraction of sp³-hybridized carbons (Fsp3) is 0.727. The highest BCUT2D eigenvalue weighted by molar-refractivity contribution is 5.88. The van der Waals surface area contributed by atoms with Crippen LogP contribution >= 0.6 is 0 Å². The topological polar surface area (TPSA) is 134 Å². The SMILES string of the molecule is C=C(C[C@@](C)(O)C(=O)CO)/C(=C(/O)CC(C)=O)[C@H](C)O[C@@H](CC)OC(C)[C@H](O)CC. The Morgan fingerprint density at radius 3 is 2.13 bits per heavy atom. The molecule has 8 heteroatoms. The molecule has 174 valence electrons. The number of rotatable bonds is 15. The number of allylic oxidation sites excluding steroid dienone is 1. The zero-order valence-corrected chi connectivity index (χ0v) is 19.0. The van der Waals surface area contributed by atoms with E-state index in [0.29, 0.717) is 12.8 Å². The minimum Gasteiger partial charge on any atom is -0.511 e. The Bertz CT molecular complexity index is 623. The van der Waals surface area contributed by atoms with Crippen molar-refractivity contribution in [3.05, 3.63) is 23.5 Å². The summed E-state index contributed by atoms with van der Waals surface area (Å²) in [4.78, 5) is 23.3. The lowest BCUT2D eigenvalue weighted by molar-refractivity contribution is -0.200. The third-order valence-corrected chi connectivity index (χ3v) is 4.83. The van der Waals surface area contributed by atoms with Gasteiger partial charge < -0.3 is 29.9 Å². The first-order chi connectivity index (χ1) is 13.8. The van der Waals surface area contributed by atoms with Gasteiger partial charge >= 0.3 is 0 Å². The molecule has 0 radical (unpaired) electrons. The normalized spacial score (nSPS) is 18.6. The van der Waals surface area contributed by atoms with Crippen molar-refractivity contribution >= 4 is 11.6 Å². The van der Waals surface area contributed by atoms with E-state index in [1.165, 1.54) is 13.8 Å². The van der Waals surface area contributed by atoms with Crippen molar-refractivity contribution in [3.8, 4) is 0 Å². The summed E-state index contributed by atoms with van der Waals surface area (Å²) in [5.41, 5.74) is -1.51. The molecule has 0 amide bonds. The van der Waals surface area contributed by atoms with E-state index in [4.69, 9.17) is 14.6 Å². The van der Waals surface area contributed by atoms with Crippen LogP contribution in [0.25, 0.3) is 0 Å². The molecule has 0 aromatic heterocycles. The lowest BCUT2D eigenvalue weighted by atomic mass is 9.87. The molecule has 0 aliphatic heterocycles. The van der Waals surface area contributed by atoms with Gasteiger partial charge in [-0.1, -0.05) is 20.4 Å². The zero-order chi connectivity index (χ0) is 23.6. The van der Waals surface area contributed by atoms with Crippen LogP contribution in [0.15, 0.2) is 23.5 Å².